The molecule has 1 aliphatic carbocycles. The first-order chi connectivity index (χ1) is 12.8. The number of carbonyl (C=O) groups is 1. The fourth-order valence-electron chi connectivity index (χ4n) is 3.81. The molecule has 29 heavy (non-hydrogen) atoms. The van der Waals surface area contributed by atoms with Crippen LogP contribution in [0.15, 0.2) is 29.2 Å². The molecule has 3 rings (SSSR count). The minimum Gasteiger partial charge on any atom is -0.324 e. The van der Waals surface area contributed by atoms with Gasteiger partial charge in [-0.15, -0.1) is 24.8 Å². The average Bonchev–Trinajstić information content (AvgIpc) is 2.87. The number of amides is 1. The molecule has 0 radical (unpaired) electrons. The van der Waals surface area contributed by atoms with E-state index < -0.39 is 15.6 Å². The zero-order valence-electron chi connectivity index (χ0n) is 16.8. The van der Waals surface area contributed by atoms with Gasteiger partial charge in [0.2, 0.25) is 15.9 Å². The Morgan fingerprint density at radius 3 is 2.41 bits per heavy atom. The quantitative estimate of drug-likeness (QED) is 0.710. The number of halogens is 2. The topological polar surface area (TPSA) is 95.7 Å². The molecule has 0 unspecified atom stereocenters. The van der Waals surface area contributed by atoms with Gasteiger partial charge in [-0.3, -0.25) is 4.79 Å². The van der Waals surface area contributed by atoms with Gasteiger partial charge in [0.15, 0.2) is 0 Å². The monoisotopic (exact) mass is 466 g/mol. The summed E-state index contributed by atoms with van der Waals surface area (Å²) in [5, 5.41) is 2.83. The zero-order chi connectivity index (χ0) is 19.5. The van der Waals surface area contributed by atoms with Crippen LogP contribution in [0, 0.1) is 0 Å². The van der Waals surface area contributed by atoms with E-state index in [1.165, 1.54) is 10.4 Å². The maximum Gasteiger partial charge on any atom is 0.244 e. The first-order valence-electron chi connectivity index (χ1n) is 9.70. The van der Waals surface area contributed by atoms with Gasteiger partial charge >= 0.3 is 0 Å². The van der Waals surface area contributed by atoms with E-state index in [0.717, 1.165) is 32.2 Å². The highest BCUT2D eigenvalue weighted by atomic mass is 35.5. The number of nitrogens with zero attached hydrogens (tertiary/aromatic N) is 2. The van der Waals surface area contributed by atoms with Crippen molar-refractivity contribution >= 4 is 46.4 Å². The molecule has 1 heterocycles. The van der Waals surface area contributed by atoms with Crippen LogP contribution in [0.4, 0.5) is 5.69 Å². The van der Waals surface area contributed by atoms with Crippen LogP contribution in [-0.2, 0) is 14.8 Å². The van der Waals surface area contributed by atoms with Crippen molar-refractivity contribution in [1.82, 2.24) is 9.21 Å². The first-order valence-corrected chi connectivity index (χ1v) is 11.1. The van der Waals surface area contributed by atoms with E-state index in [2.05, 4.69) is 10.2 Å². The Morgan fingerprint density at radius 1 is 1.03 bits per heavy atom. The Bertz CT molecular complexity index is 785. The number of carbonyl (C=O) groups excluding carboxylic acids is 1. The van der Waals surface area contributed by atoms with Gasteiger partial charge in [-0.25, -0.2) is 8.42 Å². The normalized spacial score (nSPS) is 20.6. The number of rotatable bonds is 4. The van der Waals surface area contributed by atoms with Gasteiger partial charge in [0, 0.05) is 25.3 Å². The molecule has 1 aromatic rings. The molecule has 0 bridgehead atoms. The van der Waals surface area contributed by atoms with Crippen LogP contribution in [0.1, 0.15) is 38.5 Å². The molecule has 166 valence electrons. The molecule has 1 saturated heterocycles. The Balaban J connectivity index is 0.00000210. The fraction of sp³-hybridized carbons (Fsp3) is 0.632. The van der Waals surface area contributed by atoms with Crippen LogP contribution in [0.5, 0.6) is 0 Å². The van der Waals surface area contributed by atoms with E-state index in [9.17, 15) is 13.2 Å². The van der Waals surface area contributed by atoms with Crippen LogP contribution >= 0.6 is 24.8 Å². The highest BCUT2D eigenvalue weighted by Crippen LogP contribution is 2.28. The van der Waals surface area contributed by atoms with Gasteiger partial charge in [0.05, 0.1) is 10.4 Å². The van der Waals surface area contributed by atoms with E-state index in [1.54, 1.807) is 18.2 Å². The summed E-state index contributed by atoms with van der Waals surface area (Å²) >= 11 is 0. The van der Waals surface area contributed by atoms with E-state index >= 15 is 0 Å². The number of likely N-dealkylation sites (N-methyl/N-ethyl adjacent to an activating group) is 1. The molecule has 1 amide bonds. The van der Waals surface area contributed by atoms with Gasteiger partial charge in [0.1, 0.15) is 0 Å². The van der Waals surface area contributed by atoms with Gasteiger partial charge in [0.25, 0.3) is 0 Å². The standard InChI is InChI=1S/C19H30N4O3S.2ClH/c1-22-11-6-12-23(14-13-22)27(25,26)17-8-5-7-16(15-17)21-18(24)19(20)9-3-2-4-10-19;;/h5,7-8,15H,2-4,6,9-14,20H2,1H3,(H,21,24);2*1H. The van der Waals surface area contributed by atoms with Crippen LogP contribution in [-0.4, -0.2) is 62.3 Å². The summed E-state index contributed by atoms with van der Waals surface area (Å²) in [6.45, 7) is 2.59. The molecule has 0 spiro atoms. The van der Waals surface area contributed by atoms with Crippen molar-refractivity contribution in [1.29, 1.82) is 0 Å². The van der Waals surface area contributed by atoms with Gasteiger partial charge < -0.3 is 16.0 Å². The van der Waals surface area contributed by atoms with Crippen molar-refractivity contribution in [2.75, 3.05) is 38.5 Å². The summed E-state index contributed by atoms with van der Waals surface area (Å²) in [7, 11) is -1.58. The van der Waals surface area contributed by atoms with Crippen molar-refractivity contribution in [3.63, 3.8) is 0 Å². The molecule has 7 nitrogen and oxygen atoms in total. The molecule has 2 fully saturated rings. The van der Waals surface area contributed by atoms with Crippen LogP contribution < -0.4 is 11.1 Å². The third-order valence-corrected chi connectivity index (χ3v) is 7.50. The minimum atomic E-state index is -3.58. The van der Waals surface area contributed by atoms with E-state index in [1.807, 2.05) is 7.05 Å². The first kappa shape index (κ1) is 26.1. The third-order valence-electron chi connectivity index (χ3n) is 5.61. The minimum absolute atomic E-state index is 0. The lowest BCUT2D eigenvalue weighted by Crippen LogP contribution is -2.52. The number of sulfonamides is 1. The Morgan fingerprint density at radius 2 is 1.72 bits per heavy atom. The molecule has 1 aliphatic heterocycles. The lowest BCUT2D eigenvalue weighted by molar-refractivity contribution is -0.122. The summed E-state index contributed by atoms with van der Waals surface area (Å²) in [4.78, 5) is 15.0. The summed E-state index contributed by atoms with van der Waals surface area (Å²) in [6.07, 6.45) is 5.13. The second kappa shape index (κ2) is 10.9. The predicted octanol–water partition coefficient (Wildman–Crippen LogP) is 2.46. The summed E-state index contributed by atoms with van der Waals surface area (Å²) in [5.41, 5.74) is 5.90. The van der Waals surface area contributed by atoms with E-state index in [0.29, 0.717) is 38.2 Å². The van der Waals surface area contributed by atoms with Crippen LogP contribution in [0.2, 0.25) is 0 Å². The summed E-state index contributed by atoms with van der Waals surface area (Å²) in [5.74, 6) is -0.229. The number of anilines is 1. The summed E-state index contributed by atoms with van der Waals surface area (Å²) in [6, 6.07) is 6.49. The highest BCUT2D eigenvalue weighted by Gasteiger charge is 2.35. The average molecular weight is 467 g/mol. The van der Waals surface area contributed by atoms with Gasteiger partial charge in [-0.05, 0) is 51.1 Å². The van der Waals surface area contributed by atoms with Crippen molar-refractivity contribution in [2.45, 2.75) is 49.0 Å². The smallest absolute Gasteiger partial charge is 0.244 e. The highest BCUT2D eigenvalue weighted by molar-refractivity contribution is 7.89. The lowest BCUT2D eigenvalue weighted by Gasteiger charge is -2.31. The number of benzene rings is 1. The van der Waals surface area contributed by atoms with Gasteiger partial charge in [-0.1, -0.05) is 25.3 Å². The van der Waals surface area contributed by atoms with E-state index in [-0.39, 0.29) is 35.6 Å². The number of hydrogen-bond donors (Lipinski definition) is 2. The van der Waals surface area contributed by atoms with Crippen molar-refractivity contribution in [3.05, 3.63) is 24.3 Å². The summed E-state index contributed by atoms with van der Waals surface area (Å²) < 4.78 is 27.6. The molecule has 2 aliphatic rings. The molecule has 0 aromatic heterocycles. The predicted molar refractivity (Wildman–Crippen MR) is 120 cm³/mol. The second-order valence-corrected chi connectivity index (χ2v) is 9.70. The maximum absolute atomic E-state index is 13.0. The number of nitrogens with two attached hydrogens (primary N) is 1. The van der Waals surface area contributed by atoms with Crippen molar-refractivity contribution in [2.24, 2.45) is 5.73 Å². The maximum atomic E-state index is 13.0. The Kier molecular flexibility index (Phi) is 9.85. The molecule has 1 aromatic carbocycles. The largest absolute Gasteiger partial charge is 0.324 e. The van der Waals surface area contributed by atoms with Crippen molar-refractivity contribution < 1.29 is 13.2 Å². The van der Waals surface area contributed by atoms with Crippen LogP contribution in [0.3, 0.4) is 0 Å². The Hall–Kier alpha value is -0.900. The molecule has 10 heteroatoms. The molecule has 1 saturated carbocycles. The SMILES string of the molecule is CN1CCCN(S(=O)(=O)c2cccc(NC(=O)C3(N)CCCCC3)c2)CC1.Cl.Cl. The number of hydrogen-bond acceptors (Lipinski definition) is 5. The van der Waals surface area contributed by atoms with Crippen molar-refractivity contribution in [3.8, 4) is 0 Å². The fourth-order valence-corrected chi connectivity index (χ4v) is 5.33. The third kappa shape index (κ3) is 6.29. The number of nitrogens with one attached hydrogen (secondary N) is 1. The van der Waals surface area contributed by atoms with E-state index in [4.69, 9.17) is 5.73 Å². The van der Waals surface area contributed by atoms with Gasteiger partial charge in [-0.2, -0.15) is 4.31 Å². The van der Waals surface area contributed by atoms with Crippen LogP contribution in [0.25, 0.3) is 0 Å². The lowest BCUT2D eigenvalue weighted by atomic mass is 9.82. The second-order valence-electron chi connectivity index (χ2n) is 7.76. The molecule has 3 N–H and O–H groups in total. The molecular weight excluding hydrogens is 435 g/mol. The molecule has 0 atom stereocenters. The molecular formula is C19H32Cl2N4O3S. The zero-order valence-corrected chi connectivity index (χ0v) is 19.3. The Labute approximate surface area is 186 Å².